The average Bonchev–Trinajstić information content (AvgIpc) is 2.32. The molecule has 0 aromatic rings. The Morgan fingerprint density at radius 3 is 2.29 bits per heavy atom. The van der Waals surface area contributed by atoms with Crippen LogP contribution in [0.15, 0.2) is 0 Å². The maximum absolute atomic E-state index is 9.76. The topological polar surface area (TPSA) is 32.3 Å². The Balaban J connectivity index is 3.16. The molecule has 0 aliphatic heterocycles. The van der Waals surface area contributed by atoms with E-state index in [1.807, 2.05) is 0 Å². The van der Waals surface area contributed by atoms with Crippen LogP contribution in [0.5, 0.6) is 0 Å². The average molecular weight is 243 g/mol. The summed E-state index contributed by atoms with van der Waals surface area (Å²) >= 11 is 0. The summed E-state index contributed by atoms with van der Waals surface area (Å²) in [6.45, 7) is 8.46. The van der Waals surface area contributed by atoms with Gasteiger partial charge in [-0.15, -0.1) is 0 Å². The van der Waals surface area contributed by atoms with Gasteiger partial charge in [-0.1, -0.05) is 59.3 Å². The van der Waals surface area contributed by atoms with Crippen LogP contribution >= 0.6 is 0 Å². The maximum Gasteiger partial charge on any atom is 0.0667 e. The van der Waals surface area contributed by atoms with E-state index >= 15 is 0 Å². The molecule has 0 heterocycles. The molecule has 0 radical (unpaired) electrons. The van der Waals surface area contributed by atoms with Crippen LogP contribution in [-0.4, -0.2) is 24.3 Å². The van der Waals surface area contributed by atoms with E-state index in [1.54, 1.807) is 0 Å². The lowest BCUT2D eigenvalue weighted by Gasteiger charge is -2.15. The molecular formula is C15H33NO. The van der Waals surface area contributed by atoms with E-state index in [9.17, 15) is 5.11 Å². The quantitative estimate of drug-likeness (QED) is 0.512. The number of aliphatic hydroxyl groups is 1. The van der Waals surface area contributed by atoms with Crippen LogP contribution in [0.25, 0.3) is 0 Å². The van der Waals surface area contributed by atoms with Gasteiger partial charge in [0.2, 0.25) is 0 Å². The fraction of sp³-hybridized carbons (Fsp3) is 1.00. The minimum absolute atomic E-state index is 0.162. The summed E-state index contributed by atoms with van der Waals surface area (Å²) in [7, 11) is 0. The van der Waals surface area contributed by atoms with Gasteiger partial charge in [-0.05, 0) is 25.3 Å². The molecule has 0 bridgehead atoms. The Morgan fingerprint density at radius 1 is 1.00 bits per heavy atom. The lowest BCUT2D eigenvalue weighted by molar-refractivity contribution is 0.142. The van der Waals surface area contributed by atoms with Gasteiger partial charge < -0.3 is 10.4 Å². The molecule has 0 fully saturated rings. The molecule has 2 unspecified atom stereocenters. The van der Waals surface area contributed by atoms with Gasteiger partial charge in [-0.25, -0.2) is 0 Å². The third-order valence-corrected chi connectivity index (χ3v) is 3.46. The highest BCUT2D eigenvalue weighted by atomic mass is 16.3. The van der Waals surface area contributed by atoms with Gasteiger partial charge >= 0.3 is 0 Å². The van der Waals surface area contributed by atoms with Crippen LogP contribution in [-0.2, 0) is 0 Å². The molecule has 0 aliphatic rings. The van der Waals surface area contributed by atoms with Crippen LogP contribution in [0.3, 0.4) is 0 Å². The van der Waals surface area contributed by atoms with Crippen molar-refractivity contribution >= 4 is 0 Å². The minimum atomic E-state index is -0.162. The number of unbranched alkanes of at least 4 members (excludes halogenated alkanes) is 5. The molecule has 2 N–H and O–H groups in total. The van der Waals surface area contributed by atoms with Crippen LogP contribution in [0, 0.1) is 5.92 Å². The molecule has 0 saturated carbocycles. The van der Waals surface area contributed by atoms with E-state index < -0.39 is 0 Å². The highest BCUT2D eigenvalue weighted by Gasteiger charge is 2.07. The van der Waals surface area contributed by atoms with Gasteiger partial charge in [0.1, 0.15) is 0 Å². The highest BCUT2D eigenvalue weighted by molar-refractivity contribution is 4.63. The highest BCUT2D eigenvalue weighted by Crippen LogP contribution is 2.09. The van der Waals surface area contributed by atoms with Crippen LogP contribution in [0.4, 0.5) is 0 Å². The third-order valence-electron chi connectivity index (χ3n) is 3.46. The zero-order valence-corrected chi connectivity index (χ0v) is 12.2. The summed E-state index contributed by atoms with van der Waals surface area (Å²) in [6, 6.07) is 0. The summed E-state index contributed by atoms with van der Waals surface area (Å²) in [4.78, 5) is 0. The van der Waals surface area contributed by atoms with Crippen molar-refractivity contribution in [2.24, 2.45) is 5.92 Å². The Morgan fingerprint density at radius 2 is 1.65 bits per heavy atom. The summed E-state index contributed by atoms with van der Waals surface area (Å²) in [5.74, 6) is 0.640. The number of hydrogen-bond donors (Lipinski definition) is 2. The van der Waals surface area contributed by atoms with Crippen molar-refractivity contribution in [1.82, 2.24) is 5.32 Å². The minimum Gasteiger partial charge on any atom is -0.392 e. The fourth-order valence-electron chi connectivity index (χ4n) is 2.01. The van der Waals surface area contributed by atoms with Crippen molar-refractivity contribution in [3.8, 4) is 0 Å². The first-order valence-corrected chi connectivity index (χ1v) is 7.59. The molecule has 0 rings (SSSR count). The number of rotatable bonds is 12. The monoisotopic (exact) mass is 243 g/mol. The van der Waals surface area contributed by atoms with E-state index in [0.29, 0.717) is 5.92 Å². The maximum atomic E-state index is 9.76. The normalized spacial score (nSPS) is 14.8. The van der Waals surface area contributed by atoms with Crippen molar-refractivity contribution in [2.45, 2.75) is 78.2 Å². The van der Waals surface area contributed by atoms with E-state index in [4.69, 9.17) is 0 Å². The second kappa shape index (κ2) is 12.4. The van der Waals surface area contributed by atoms with Gasteiger partial charge in [0, 0.05) is 6.54 Å². The van der Waals surface area contributed by atoms with Crippen molar-refractivity contribution in [3.05, 3.63) is 0 Å². The Bertz CT molecular complexity index is 150. The van der Waals surface area contributed by atoms with Gasteiger partial charge in [0.15, 0.2) is 0 Å². The summed E-state index contributed by atoms with van der Waals surface area (Å²) in [5, 5.41) is 13.1. The van der Waals surface area contributed by atoms with Crippen molar-refractivity contribution in [1.29, 1.82) is 0 Å². The molecule has 2 atom stereocenters. The molecule has 0 aliphatic carbocycles. The Kier molecular flexibility index (Phi) is 12.3. The zero-order valence-electron chi connectivity index (χ0n) is 12.2. The Hall–Kier alpha value is -0.0800. The van der Waals surface area contributed by atoms with Gasteiger partial charge in [0.05, 0.1) is 6.10 Å². The lowest BCUT2D eigenvalue weighted by Crippen LogP contribution is -2.28. The smallest absolute Gasteiger partial charge is 0.0667 e. The van der Waals surface area contributed by atoms with Gasteiger partial charge in [-0.2, -0.15) is 0 Å². The molecule has 17 heavy (non-hydrogen) atoms. The van der Waals surface area contributed by atoms with E-state index in [2.05, 4.69) is 26.1 Å². The molecule has 2 heteroatoms. The first-order valence-electron chi connectivity index (χ1n) is 7.59. The van der Waals surface area contributed by atoms with Crippen LogP contribution in [0.2, 0.25) is 0 Å². The van der Waals surface area contributed by atoms with E-state index in [1.165, 1.54) is 38.5 Å². The van der Waals surface area contributed by atoms with Crippen LogP contribution < -0.4 is 5.32 Å². The lowest BCUT2D eigenvalue weighted by atomic mass is 10.0. The van der Waals surface area contributed by atoms with E-state index in [0.717, 1.165) is 25.9 Å². The van der Waals surface area contributed by atoms with E-state index in [-0.39, 0.29) is 6.10 Å². The van der Waals surface area contributed by atoms with Crippen molar-refractivity contribution in [2.75, 3.05) is 13.1 Å². The van der Waals surface area contributed by atoms with Gasteiger partial charge in [-0.3, -0.25) is 0 Å². The third kappa shape index (κ3) is 12.2. The van der Waals surface area contributed by atoms with Crippen molar-refractivity contribution < 1.29 is 5.11 Å². The zero-order chi connectivity index (χ0) is 12.9. The molecule has 0 saturated heterocycles. The molecule has 104 valence electrons. The van der Waals surface area contributed by atoms with Crippen molar-refractivity contribution in [3.63, 3.8) is 0 Å². The summed E-state index contributed by atoms with van der Waals surface area (Å²) in [5.41, 5.74) is 0. The largest absolute Gasteiger partial charge is 0.392 e. The standard InChI is InChI=1S/C15H33NO/c1-4-6-7-8-9-10-11-16-13-15(17)12-14(3)5-2/h14-17H,4-13H2,1-3H3. The molecular weight excluding hydrogens is 210 g/mol. The summed E-state index contributed by atoms with van der Waals surface area (Å²) in [6.07, 6.45) is 9.95. The second-order valence-electron chi connectivity index (χ2n) is 5.37. The predicted molar refractivity (Wildman–Crippen MR) is 76.3 cm³/mol. The molecule has 0 aromatic carbocycles. The Labute approximate surface area is 108 Å². The first-order chi connectivity index (χ1) is 8.20. The number of aliphatic hydroxyl groups excluding tert-OH is 1. The molecule has 0 amide bonds. The van der Waals surface area contributed by atoms with Crippen LogP contribution in [0.1, 0.15) is 72.1 Å². The molecule has 2 nitrogen and oxygen atoms in total. The fourth-order valence-corrected chi connectivity index (χ4v) is 2.01. The molecule has 0 aromatic heterocycles. The number of nitrogens with one attached hydrogen (secondary N) is 1. The second-order valence-corrected chi connectivity index (χ2v) is 5.37. The predicted octanol–water partition coefficient (Wildman–Crippen LogP) is 3.73. The summed E-state index contributed by atoms with van der Waals surface area (Å²) < 4.78 is 0. The first kappa shape index (κ1) is 16.9. The molecule has 0 spiro atoms. The van der Waals surface area contributed by atoms with Gasteiger partial charge in [0.25, 0.3) is 0 Å². The number of hydrogen-bond acceptors (Lipinski definition) is 2. The SMILES string of the molecule is CCCCCCCCNCC(O)CC(C)CC.